The van der Waals surface area contributed by atoms with Gasteiger partial charge in [-0.15, -0.1) is 0 Å². The number of rotatable bonds is 4. The van der Waals surface area contributed by atoms with E-state index in [9.17, 15) is 25.2 Å². The molecule has 3 fully saturated rings. The Balaban J connectivity index is 1.54. The van der Waals surface area contributed by atoms with Crippen LogP contribution in [0.25, 0.3) is 6.08 Å². The summed E-state index contributed by atoms with van der Waals surface area (Å²) in [5.74, 6) is -0.371. The molecule has 0 bridgehead atoms. The number of aliphatic hydroxyl groups excluding tert-OH is 3. The minimum absolute atomic E-state index is 0.0475. The van der Waals surface area contributed by atoms with Gasteiger partial charge in [0.2, 0.25) is 0 Å². The van der Waals surface area contributed by atoms with Gasteiger partial charge in [-0.1, -0.05) is 26.3 Å². The van der Waals surface area contributed by atoms with Crippen molar-refractivity contribution in [3.63, 3.8) is 0 Å². The van der Waals surface area contributed by atoms with Gasteiger partial charge in [-0.2, -0.15) is 5.10 Å². The zero-order valence-electron chi connectivity index (χ0n) is 19.3. The lowest BCUT2D eigenvalue weighted by molar-refractivity contribution is -0.186. The summed E-state index contributed by atoms with van der Waals surface area (Å²) >= 11 is 0. The average Bonchev–Trinajstić information content (AvgIpc) is 3.22. The number of aliphatic hydroxyl groups is 4. The second-order valence-corrected chi connectivity index (χ2v) is 11.3. The van der Waals surface area contributed by atoms with Gasteiger partial charge in [0.1, 0.15) is 12.2 Å². The van der Waals surface area contributed by atoms with Crippen molar-refractivity contribution in [2.24, 2.45) is 34.5 Å². The second kappa shape index (κ2) is 7.23. The van der Waals surface area contributed by atoms with E-state index in [-0.39, 0.29) is 35.7 Å². The van der Waals surface area contributed by atoms with Crippen LogP contribution >= 0.6 is 0 Å². The summed E-state index contributed by atoms with van der Waals surface area (Å²) in [7, 11) is 0. The highest BCUT2D eigenvalue weighted by molar-refractivity contribution is 5.90. The molecule has 0 saturated heterocycles. The van der Waals surface area contributed by atoms with Crippen molar-refractivity contribution in [1.29, 1.82) is 0 Å². The minimum atomic E-state index is -1.60. The van der Waals surface area contributed by atoms with Crippen LogP contribution < -0.4 is 0 Å². The van der Waals surface area contributed by atoms with Crippen LogP contribution in [-0.4, -0.2) is 60.9 Å². The molecule has 4 aliphatic rings. The van der Waals surface area contributed by atoms with E-state index in [1.807, 2.05) is 24.7 Å². The fraction of sp³-hybridized carbons (Fsp3) is 0.760. The first-order chi connectivity index (χ1) is 15.1. The Morgan fingerprint density at radius 3 is 2.75 bits per heavy atom. The molecule has 0 radical (unpaired) electrons. The van der Waals surface area contributed by atoms with Crippen LogP contribution in [0.5, 0.6) is 0 Å². The number of nitrogens with zero attached hydrogens (tertiary/aromatic N) is 2. The topological polar surface area (TPSA) is 116 Å². The fourth-order valence-corrected chi connectivity index (χ4v) is 8.56. The Morgan fingerprint density at radius 2 is 2.06 bits per heavy atom. The van der Waals surface area contributed by atoms with Crippen molar-refractivity contribution < 1.29 is 25.2 Å². The molecule has 0 spiro atoms. The SMILES string of the molecule is C[C@@H]1C[C@H]2[C@@H]3CCC4=Cc5c(cnn5CCO)C[C@]4(C)[C@H]3[C@@H](O)C[C@]2(C)[C@@]1(O)C(=O)CO. The smallest absolute Gasteiger partial charge is 0.190 e. The number of carbonyl (C=O) groups excluding carboxylic acids is 1. The van der Waals surface area contributed by atoms with E-state index in [4.69, 9.17) is 0 Å². The Labute approximate surface area is 189 Å². The lowest BCUT2D eigenvalue weighted by Gasteiger charge is -2.60. The number of Topliss-reactive ketones (excluding diaryl/α,β-unsaturated/α-hetero) is 1. The highest BCUT2D eigenvalue weighted by Gasteiger charge is 2.70. The molecule has 5 rings (SSSR count). The number of hydrogen-bond donors (Lipinski definition) is 4. The maximum Gasteiger partial charge on any atom is 0.190 e. The lowest BCUT2D eigenvalue weighted by Crippen LogP contribution is -2.63. The Kier molecular flexibility index (Phi) is 5.03. The predicted octanol–water partition coefficient (Wildman–Crippen LogP) is 1.57. The summed E-state index contributed by atoms with van der Waals surface area (Å²) in [6.45, 7) is 5.98. The molecule has 32 heavy (non-hydrogen) atoms. The zero-order chi connectivity index (χ0) is 23.1. The van der Waals surface area contributed by atoms with Gasteiger partial charge in [0.15, 0.2) is 5.78 Å². The molecule has 4 aliphatic carbocycles. The molecule has 1 aromatic heterocycles. The van der Waals surface area contributed by atoms with Crippen LogP contribution in [0.4, 0.5) is 0 Å². The van der Waals surface area contributed by atoms with Crippen molar-refractivity contribution in [3.8, 4) is 0 Å². The molecule has 0 aliphatic heterocycles. The number of aromatic nitrogens is 2. The number of carbonyl (C=O) groups is 1. The first kappa shape index (κ1) is 22.3. The fourth-order valence-electron chi connectivity index (χ4n) is 8.56. The van der Waals surface area contributed by atoms with E-state index in [0.717, 1.165) is 36.9 Å². The van der Waals surface area contributed by atoms with Crippen LogP contribution in [0.1, 0.15) is 57.7 Å². The molecule has 7 nitrogen and oxygen atoms in total. The van der Waals surface area contributed by atoms with Gasteiger partial charge in [0.25, 0.3) is 0 Å². The monoisotopic (exact) mass is 444 g/mol. The standard InChI is InChI=1S/C25H36N2O5/c1-14-8-18-17-5-4-16-9-19-15(12-26-27(19)6-7-28)10-23(16,2)22(17)20(30)11-24(18,3)25(14,32)21(31)13-29/h9,12,14,17-18,20,22,28-30,32H,4-8,10-11,13H2,1-3H3/t14-,17+,18+,20+,22-,23+,24+,25+/m1/s1. The molecular weight excluding hydrogens is 408 g/mol. The number of ketones is 1. The van der Waals surface area contributed by atoms with Crippen LogP contribution in [0.15, 0.2) is 11.8 Å². The minimum Gasteiger partial charge on any atom is -0.394 e. The molecular formula is C25H36N2O5. The van der Waals surface area contributed by atoms with E-state index in [1.54, 1.807) is 0 Å². The predicted molar refractivity (Wildman–Crippen MR) is 118 cm³/mol. The highest BCUT2D eigenvalue weighted by atomic mass is 16.3. The molecule has 1 aromatic rings. The van der Waals surface area contributed by atoms with E-state index >= 15 is 0 Å². The Morgan fingerprint density at radius 1 is 1.31 bits per heavy atom. The van der Waals surface area contributed by atoms with Crippen molar-refractivity contribution in [3.05, 3.63) is 23.0 Å². The molecule has 7 heteroatoms. The van der Waals surface area contributed by atoms with E-state index < -0.39 is 29.5 Å². The van der Waals surface area contributed by atoms with Gasteiger partial charge in [-0.05, 0) is 72.8 Å². The van der Waals surface area contributed by atoms with Crippen molar-refractivity contribution in [1.82, 2.24) is 9.78 Å². The van der Waals surface area contributed by atoms with Gasteiger partial charge in [0, 0.05) is 5.41 Å². The van der Waals surface area contributed by atoms with Crippen LogP contribution in [0.2, 0.25) is 0 Å². The summed E-state index contributed by atoms with van der Waals surface area (Å²) < 4.78 is 1.86. The third-order valence-corrected chi connectivity index (χ3v) is 9.96. The van der Waals surface area contributed by atoms with Gasteiger partial charge < -0.3 is 20.4 Å². The van der Waals surface area contributed by atoms with Crippen molar-refractivity contribution in [2.75, 3.05) is 13.2 Å². The van der Waals surface area contributed by atoms with Gasteiger partial charge >= 0.3 is 0 Å². The molecule has 176 valence electrons. The van der Waals surface area contributed by atoms with Gasteiger partial charge in [-0.3, -0.25) is 9.48 Å². The van der Waals surface area contributed by atoms with E-state index in [0.29, 0.717) is 13.0 Å². The van der Waals surface area contributed by atoms with Crippen molar-refractivity contribution in [2.45, 2.75) is 71.1 Å². The number of hydrogen-bond acceptors (Lipinski definition) is 6. The zero-order valence-corrected chi connectivity index (χ0v) is 19.3. The quantitative estimate of drug-likeness (QED) is 0.560. The Bertz CT molecular complexity index is 972. The van der Waals surface area contributed by atoms with Crippen molar-refractivity contribution >= 4 is 11.9 Å². The summed E-state index contributed by atoms with van der Waals surface area (Å²) in [6, 6.07) is 0. The van der Waals surface area contributed by atoms with E-state index in [2.05, 4.69) is 18.1 Å². The molecule has 8 atom stereocenters. The summed E-state index contributed by atoms with van der Waals surface area (Å²) in [4.78, 5) is 12.7. The molecule has 0 amide bonds. The molecule has 4 N–H and O–H groups in total. The number of fused-ring (bicyclic) bond motifs is 6. The third-order valence-electron chi connectivity index (χ3n) is 9.96. The Hall–Kier alpha value is -1.54. The number of allylic oxidation sites excluding steroid dienone is 1. The normalized spacial score (nSPS) is 44.8. The second-order valence-electron chi connectivity index (χ2n) is 11.3. The summed E-state index contributed by atoms with van der Waals surface area (Å²) in [5.41, 5.74) is 1.02. The molecule has 1 heterocycles. The van der Waals surface area contributed by atoms with Crippen LogP contribution in [0, 0.1) is 34.5 Å². The lowest BCUT2D eigenvalue weighted by atomic mass is 9.45. The van der Waals surface area contributed by atoms with Gasteiger partial charge in [-0.25, -0.2) is 0 Å². The maximum absolute atomic E-state index is 12.7. The molecule has 0 unspecified atom stereocenters. The molecule has 3 saturated carbocycles. The van der Waals surface area contributed by atoms with Crippen LogP contribution in [0.3, 0.4) is 0 Å². The summed E-state index contributed by atoms with van der Waals surface area (Å²) in [6.07, 6.45) is 7.23. The molecule has 0 aromatic carbocycles. The third kappa shape index (κ3) is 2.62. The van der Waals surface area contributed by atoms with Crippen LogP contribution in [-0.2, 0) is 17.8 Å². The average molecular weight is 445 g/mol. The first-order valence-electron chi connectivity index (χ1n) is 12.0. The van der Waals surface area contributed by atoms with E-state index in [1.165, 1.54) is 5.57 Å². The van der Waals surface area contributed by atoms with Gasteiger partial charge in [0.05, 0.1) is 31.1 Å². The maximum atomic E-state index is 12.7. The largest absolute Gasteiger partial charge is 0.394 e. The summed E-state index contributed by atoms with van der Waals surface area (Å²) in [5, 5.41) is 46.6. The first-order valence-corrected chi connectivity index (χ1v) is 12.0. The highest BCUT2D eigenvalue weighted by Crippen LogP contribution is 2.68.